The van der Waals surface area contributed by atoms with E-state index >= 15 is 0 Å². The summed E-state index contributed by atoms with van der Waals surface area (Å²) in [4.78, 5) is 18.3. The molecule has 4 nitrogen and oxygen atoms in total. The fraction of sp³-hybridized carbons (Fsp3) is 0.667. The van der Waals surface area contributed by atoms with Gasteiger partial charge in [-0.15, -0.1) is 11.3 Å². The van der Waals surface area contributed by atoms with Crippen LogP contribution in [0.1, 0.15) is 11.3 Å². The molecule has 0 radical (unpaired) electrons. The number of hydrogen-bond donors (Lipinski definition) is 0. The van der Waals surface area contributed by atoms with Crippen LogP contribution in [0.2, 0.25) is 0 Å². The zero-order chi connectivity index (χ0) is 13.9. The number of likely N-dealkylation sites (tertiary alicyclic amines) is 2. The van der Waals surface area contributed by atoms with Gasteiger partial charge in [0.05, 0.1) is 12.5 Å². The average Bonchev–Trinajstić information content (AvgIpc) is 3.08. The zero-order valence-electron chi connectivity index (χ0n) is 12.0. The lowest BCUT2D eigenvalue weighted by molar-refractivity contribution is -0.140. The first-order valence-electron chi connectivity index (χ1n) is 7.30. The SMILES string of the molecule is COCCN1CC[C@@H]2CN(Cc3cccs3)C[C@H]2C1=O. The van der Waals surface area contributed by atoms with Crippen molar-refractivity contribution in [1.82, 2.24) is 9.80 Å². The molecule has 110 valence electrons. The fourth-order valence-corrected chi connectivity index (χ4v) is 4.12. The van der Waals surface area contributed by atoms with Crippen LogP contribution >= 0.6 is 11.3 Å². The van der Waals surface area contributed by atoms with Crippen LogP contribution in [0, 0.1) is 11.8 Å². The molecule has 0 aromatic carbocycles. The van der Waals surface area contributed by atoms with Crippen LogP contribution in [0.3, 0.4) is 0 Å². The van der Waals surface area contributed by atoms with Crippen molar-refractivity contribution < 1.29 is 9.53 Å². The van der Waals surface area contributed by atoms with E-state index in [9.17, 15) is 4.79 Å². The summed E-state index contributed by atoms with van der Waals surface area (Å²) in [6.45, 7) is 5.27. The van der Waals surface area contributed by atoms with E-state index in [1.807, 2.05) is 4.90 Å². The van der Waals surface area contributed by atoms with Gasteiger partial charge in [-0.25, -0.2) is 0 Å². The van der Waals surface area contributed by atoms with Gasteiger partial charge in [0, 0.05) is 44.7 Å². The molecule has 2 atom stereocenters. The molecule has 2 saturated heterocycles. The number of thiophene rings is 1. The number of carbonyl (C=O) groups is 1. The second kappa shape index (κ2) is 6.24. The van der Waals surface area contributed by atoms with Crippen LogP contribution in [-0.2, 0) is 16.1 Å². The standard InChI is InChI=1S/C15H22N2O2S/c1-19-7-6-17-5-4-12-9-16(11-14(12)15(17)18)10-13-3-2-8-20-13/h2-3,8,12,14H,4-7,9-11H2,1H3/t12-,14-/m1/s1. The number of ether oxygens (including phenoxy) is 1. The van der Waals surface area contributed by atoms with Gasteiger partial charge < -0.3 is 9.64 Å². The summed E-state index contributed by atoms with van der Waals surface area (Å²) in [6, 6.07) is 4.28. The minimum Gasteiger partial charge on any atom is -0.383 e. The van der Waals surface area contributed by atoms with Crippen molar-refractivity contribution in [2.24, 2.45) is 11.8 Å². The van der Waals surface area contributed by atoms with Crippen molar-refractivity contribution in [2.75, 3.05) is 39.9 Å². The van der Waals surface area contributed by atoms with Gasteiger partial charge in [0.15, 0.2) is 0 Å². The van der Waals surface area contributed by atoms with E-state index in [1.165, 1.54) is 4.88 Å². The van der Waals surface area contributed by atoms with Gasteiger partial charge in [-0.1, -0.05) is 6.07 Å². The Bertz CT molecular complexity index is 449. The molecule has 0 spiro atoms. The van der Waals surface area contributed by atoms with Gasteiger partial charge >= 0.3 is 0 Å². The summed E-state index contributed by atoms with van der Waals surface area (Å²) in [6.07, 6.45) is 1.14. The molecule has 0 unspecified atom stereocenters. The minimum absolute atomic E-state index is 0.209. The maximum absolute atomic E-state index is 12.5. The number of hydrogen-bond acceptors (Lipinski definition) is 4. The molecule has 2 fully saturated rings. The number of amides is 1. The van der Waals surface area contributed by atoms with E-state index < -0.39 is 0 Å². The summed E-state index contributed by atoms with van der Waals surface area (Å²) < 4.78 is 5.09. The molecule has 5 heteroatoms. The van der Waals surface area contributed by atoms with Gasteiger partial charge in [-0.05, 0) is 23.8 Å². The Balaban J connectivity index is 1.58. The van der Waals surface area contributed by atoms with Crippen LogP contribution in [-0.4, -0.2) is 55.6 Å². The molecule has 1 aromatic heterocycles. The maximum atomic E-state index is 12.5. The normalized spacial score (nSPS) is 27.1. The van der Waals surface area contributed by atoms with Crippen LogP contribution in [0.15, 0.2) is 17.5 Å². The first kappa shape index (κ1) is 14.0. The van der Waals surface area contributed by atoms with Gasteiger partial charge in [-0.3, -0.25) is 9.69 Å². The van der Waals surface area contributed by atoms with Crippen molar-refractivity contribution >= 4 is 17.2 Å². The van der Waals surface area contributed by atoms with E-state index in [-0.39, 0.29) is 5.92 Å². The highest BCUT2D eigenvalue weighted by Crippen LogP contribution is 2.33. The number of methoxy groups -OCH3 is 1. The smallest absolute Gasteiger partial charge is 0.227 e. The van der Waals surface area contributed by atoms with Crippen LogP contribution in [0.5, 0.6) is 0 Å². The molecule has 0 N–H and O–H groups in total. The Morgan fingerprint density at radius 1 is 1.45 bits per heavy atom. The van der Waals surface area contributed by atoms with E-state index in [0.29, 0.717) is 18.4 Å². The van der Waals surface area contributed by atoms with E-state index in [4.69, 9.17) is 4.74 Å². The third-order valence-corrected chi connectivity index (χ3v) is 5.30. The molecule has 3 heterocycles. The first-order chi connectivity index (χ1) is 9.78. The van der Waals surface area contributed by atoms with E-state index in [2.05, 4.69) is 22.4 Å². The third kappa shape index (κ3) is 2.90. The summed E-state index contributed by atoms with van der Waals surface area (Å²) in [5.74, 6) is 1.11. The molecule has 1 aromatic rings. The second-order valence-corrected chi connectivity index (χ2v) is 6.78. The molecule has 0 aliphatic carbocycles. The summed E-state index contributed by atoms with van der Waals surface area (Å²) in [5.41, 5.74) is 0. The molecule has 0 saturated carbocycles. The Hall–Kier alpha value is -0.910. The predicted molar refractivity (Wildman–Crippen MR) is 79.6 cm³/mol. The van der Waals surface area contributed by atoms with Crippen molar-refractivity contribution in [3.8, 4) is 0 Å². The zero-order valence-corrected chi connectivity index (χ0v) is 12.8. The van der Waals surface area contributed by atoms with Gasteiger partial charge in [0.25, 0.3) is 0 Å². The Kier molecular flexibility index (Phi) is 4.38. The molecule has 0 bridgehead atoms. The molecule has 20 heavy (non-hydrogen) atoms. The van der Waals surface area contributed by atoms with Crippen LogP contribution < -0.4 is 0 Å². The molecule has 3 rings (SSSR count). The van der Waals surface area contributed by atoms with Gasteiger partial charge in [0.2, 0.25) is 5.91 Å². The van der Waals surface area contributed by atoms with E-state index in [0.717, 1.165) is 39.1 Å². The average molecular weight is 294 g/mol. The number of carbonyl (C=O) groups excluding carboxylic acids is 1. The lowest BCUT2D eigenvalue weighted by atomic mass is 9.88. The lowest BCUT2D eigenvalue weighted by Gasteiger charge is -2.33. The van der Waals surface area contributed by atoms with Crippen LogP contribution in [0.25, 0.3) is 0 Å². The van der Waals surface area contributed by atoms with Crippen molar-refractivity contribution in [1.29, 1.82) is 0 Å². The summed E-state index contributed by atoms with van der Waals surface area (Å²) in [5, 5.41) is 2.12. The first-order valence-corrected chi connectivity index (χ1v) is 8.18. The number of nitrogens with zero attached hydrogens (tertiary/aromatic N) is 2. The minimum atomic E-state index is 0.209. The van der Waals surface area contributed by atoms with Crippen molar-refractivity contribution in [3.05, 3.63) is 22.4 Å². The fourth-order valence-electron chi connectivity index (χ4n) is 3.37. The molecule has 2 aliphatic heterocycles. The van der Waals surface area contributed by atoms with Crippen molar-refractivity contribution in [2.45, 2.75) is 13.0 Å². The maximum Gasteiger partial charge on any atom is 0.227 e. The molecular formula is C15H22N2O2S. The Labute approximate surface area is 124 Å². The van der Waals surface area contributed by atoms with Gasteiger partial charge in [-0.2, -0.15) is 0 Å². The predicted octanol–water partition coefficient (Wildman–Crippen LogP) is 1.67. The van der Waals surface area contributed by atoms with E-state index in [1.54, 1.807) is 18.4 Å². The van der Waals surface area contributed by atoms with Gasteiger partial charge in [0.1, 0.15) is 0 Å². The monoisotopic (exact) mass is 294 g/mol. The van der Waals surface area contributed by atoms with Crippen LogP contribution in [0.4, 0.5) is 0 Å². The number of piperidine rings is 1. The lowest BCUT2D eigenvalue weighted by Crippen LogP contribution is -2.46. The molecule has 2 aliphatic rings. The summed E-state index contributed by atoms with van der Waals surface area (Å²) in [7, 11) is 1.69. The quantitative estimate of drug-likeness (QED) is 0.828. The Morgan fingerprint density at radius 2 is 2.35 bits per heavy atom. The Morgan fingerprint density at radius 3 is 3.10 bits per heavy atom. The highest BCUT2D eigenvalue weighted by Gasteiger charge is 2.42. The largest absolute Gasteiger partial charge is 0.383 e. The molecule has 1 amide bonds. The topological polar surface area (TPSA) is 32.8 Å². The third-order valence-electron chi connectivity index (χ3n) is 4.44. The number of rotatable bonds is 5. The highest BCUT2D eigenvalue weighted by molar-refractivity contribution is 7.09. The number of fused-ring (bicyclic) bond motifs is 1. The molecular weight excluding hydrogens is 272 g/mol. The summed E-state index contributed by atoms with van der Waals surface area (Å²) >= 11 is 1.80. The second-order valence-electron chi connectivity index (χ2n) is 5.75. The highest BCUT2D eigenvalue weighted by atomic mass is 32.1. The van der Waals surface area contributed by atoms with Crippen molar-refractivity contribution in [3.63, 3.8) is 0 Å².